The molecule has 0 saturated heterocycles. The van der Waals surface area contributed by atoms with Crippen LogP contribution in [0.3, 0.4) is 0 Å². The van der Waals surface area contributed by atoms with Gasteiger partial charge in [0.2, 0.25) is 11.5 Å². The molecule has 0 aliphatic carbocycles. The molecule has 0 fully saturated rings. The maximum atomic E-state index is 11.6. The number of rotatable bonds is 4. The molecule has 2 aromatic rings. The minimum Gasteiger partial charge on any atom is -0.502 e. The minimum absolute atomic E-state index is 0.119. The third kappa shape index (κ3) is 3.74. The molecule has 7 nitrogen and oxygen atoms in total. The van der Waals surface area contributed by atoms with Gasteiger partial charge in [0.05, 0.1) is 16.7 Å². The summed E-state index contributed by atoms with van der Waals surface area (Å²) in [5.74, 6) is -2.01. The summed E-state index contributed by atoms with van der Waals surface area (Å²) in [6.07, 6.45) is -0.844. The predicted octanol–water partition coefficient (Wildman–Crippen LogP) is 4.45. The molecule has 0 aliphatic rings. The van der Waals surface area contributed by atoms with E-state index in [9.17, 15) is 14.7 Å². The number of carbonyl (C=O) groups excluding carboxylic acids is 2. The van der Waals surface area contributed by atoms with Gasteiger partial charge in [-0.2, -0.15) is 0 Å². The van der Waals surface area contributed by atoms with Crippen LogP contribution in [0.25, 0.3) is 11.3 Å². The summed E-state index contributed by atoms with van der Waals surface area (Å²) in [6, 6.07) is 4.69. The Morgan fingerprint density at radius 1 is 1.33 bits per heavy atom. The third-order valence-corrected chi connectivity index (χ3v) is 3.59. The number of ether oxygens (including phenoxy) is 2. The minimum atomic E-state index is -0.844. The van der Waals surface area contributed by atoms with Crippen molar-refractivity contribution in [3.8, 4) is 22.8 Å². The van der Waals surface area contributed by atoms with Crippen molar-refractivity contribution >= 4 is 41.1 Å². The highest BCUT2D eigenvalue weighted by molar-refractivity contribution is 6.43. The van der Waals surface area contributed by atoms with Crippen LogP contribution in [0.15, 0.2) is 22.6 Å². The van der Waals surface area contributed by atoms with E-state index in [-0.39, 0.29) is 39.6 Å². The Morgan fingerprint density at radius 3 is 2.67 bits per heavy atom. The van der Waals surface area contributed by atoms with Gasteiger partial charge in [0.1, 0.15) is 0 Å². The van der Waals surface area contributed by atoms with Crippen LogP contribution < -0.4 is 10.1 Å². The molecule has 0 spiro atoms. The molecule has 9 heteroatoms. The van der Waals surface area contributed by atoms with Crippen molar-refractivity contribution in [1.29, 1.82) is 0 Å². The SMILES string of the molecule is CCOC(=O)Nc1oc(-c2cccc(Cl)c2Cl)c(O)c1OC(C)=O. The third-order valence-electron chi connectivity index (χ3n) is 2.77. The molecule has 0 atom stereocenters. The molecule has 1 aromatic carbocycles. The lowest BCUT2D eigenvalue weighted by Gasteiger charge is -2.04. The van der Waals surface area contributed by atoms with E-state index < -0.39 is 17.8 Å². The Labute approximate surface area is 147 Å². The first kappa shape index (κ1) is 18.0. The van der Waals surface area contributed by atoms with Gasteiger partial charge in [-0.1, -0.05) is 29.3 Å². The summed E-state index contributed by atoms with van der Waals surface area (Å²) in [7, 11) is 0. The fraction of sp³-hybridized carbons (Fsp3) is 0.200. The molecule has 24 heavy (non-hydrogen) atoms. The average Bonchev–Trinajstić information content (AvgIpc) is 2.79. The first-order chi connectivity index (χ1) is 11.3. The number of anilines is 1. The zero-order chi connectivity index (χ0) is 17.9. The molecule has 2 rings (SSSR count). The van der Waals surface area contributed by atoms with E-state index in [0.29, 0.717) is 0 Å². The van der Waals surface area contributed by atoms with Crippen molar-refractivity contribution < 1.29 is 28.6 Å². The van der Waals surface area contributed by atoms with Gasteiger partial charge >= 0.3 is 12.1 Å². The van der Waals surface area contributed by atoms with Crippen molar-refractivity contribution in [2.45, 2.75) is 13.8 Å². The number of carbonyl (C=O) groups is 2. The molecule has 1 heterocycles. The number of benzene rings is 1. The second-order valence-electron chi connectivity index (χ2n) is 4.48. The second-order valence-corrected chi connectivity index (χ2v) is 5.26. The standard InChI is InChI=1S/C15H13Cl2NO6/c1-3-22-15(21)18-14-13(23-7(2)19)11(20)12(24-14)8-5-4-6-9(16)10(8)17/h4-6,20H,3H2,1-2H3,(H,18,21). The van der Waals surface area contributed by atoms with Crippen LogP contribution in [-0.2, 0) is 9.53 Å². The largest absolute Gasteiger partial charge is 0.502 e. The number of furan rings is 1. The highest BCUT2D eigenvalue weighted by Crippen LogP contribution is 2.48. The number of aromatic hydroxyl groups is 1. The van der Waals surface area contributed by atoms with E-state index in [1.54, 1.807) is 25.1 Å². The topological polar surface area (TPSA) is 98.0 Å². The maximum absolute atomic E-state index is 11.6. The normalized spacial score (nSPS) is 10.3. The molecule has 2 N–H and O–H groups in total. The van der Waals surface area contributed by atoms with Crippen molar-refractivity contribution in [1.82, 2.24) is 0 Å². The van der Waals surface area contributed by atoms with Crippen LogP contribution in [0.4, 0.5) is 10.7 Å². The van der Waals surface area contributed by atoms with Gasteiger partial charge < -0.3 is 19.0 Å². The molecule has 0 saturated carbocycles. The summed E-state index contributed by atoms with van der Waals surface area (Å²) in [4.78, 5) is 22.8. The zero-order valence-electron chi connectivity index (χ0n) is 12.7. The van der Waals surface area contributed by atoms with Crippen LogP contribution in [0.1, 0.15) is 13.8 Å². The molecule has 0 bridgehead atoms. The first-order valence-electron chi connectivity index (χ1n) is 6.77. The molecular weight excluding hydrogens is 361 g/mol. The zero-order valence-corrected chi connectivity index (χ0v) is 14.2. The predicted molar refractivity (Wildman–Crippen MR) is 87.8 cm³/mol. The molecule has 0 radical (unpaired) electrons. The number of nitrogens with one attached hydrogen (secondary N) is 1. The summed E-state index contributed by atoms with van der Waals surface area (Å²) >= 11 is 12.0. The maximum Gasteiger partial charge on any atom is 0.414 e. The van der Waals surface area contributed by atoms with Crippen molar-refractivity contribution in [3.05, 3.63) is 28.2 Å². The van der Waals surface area contributed by atoms with Gasteiger partial charge in [-0.15, -0.1) is 0 Å². The van der Waals surface area contributed by atoms with Gasteiger partial charge in [-0.3, -0.25) is 10.1 Å². The summed E-state index contributed by atoms with van der Waals surface area (Å²) in [5.41, 5.74) is 0.256. The van der Waals surface area contributed by atoms with Gasteiger partial charge in [0, 0.05) is 12.5 Å². The number of hydrogen-bond donors (Lipinski definition) is 2. The fourth-order valence-corrected chi connectivity index (χ4v) is 2.24. The number of hydrogen-bond acceptors (Lipinski definition) is 6. The van der Waals surface area contributed by atoms with Gasteiger partial charge in [-0.05, 0) is 19.1 Å². The van der Waals surface area contributed by atoms with Crippen LogP contribution in [-0.4, -0.2) is 23.8 Å². The van der Waals surface area contributed by atoms with E-state index >= 15 is 0 Å². The van der Waals surface area contributed by atoms with E-state index in [1.807, 2.05) is 0 Å². The Morgan fingerprint density at radius 2 is 2.04 bits per heavy atom. The molecular formula is C15H13Cl2NO6. The second kappa shape index (κ2) is 7.46. The average molecular weight is 374 g/mol. The quantitative estimate of drug-likeness (QED) is 0.768. The van der Waals surface area contributed by atoms with E-state index in [0.717, 1.165) is 6.92 Å². The number of amides is 1. The lowest BCUT2D eigenvalue weighted by atomic mass is 10.1. The summed E-state index contributed by atoms with van der Waals surface area (Å²) in [6.45, 7) is 2.87. The Hall–Kier alpha value is -2.38. The van der Waals surface area contributed by atoms with Crippen LogP contribution in [0, 0.1) is 0 Å². The molecule has 0 unspecified atom stereocenters. The van der Waals surface area contributed by atoms with E-state index in [4.69, 9.17) is 37.1 Å². The Bertz CT molecular complexity index is 787. The first-order valence-corrected chi connectivity index (χ1v) is 7.53. The fourth-order valence-electron chi connectivity index (χ4n) is 1.85. The highest BCUT2D eigenvalue weighted by Gasteiger charge is 2.27. The number of esters is 1. The Kier molecular flexibility index (Phi) is 5.58. The lowest BCUT2D eigenvalue weighted by Crippen LogP contribution is -2.14. The lowest BCUT2D eigenvalue weighted by molar-refractivity contribution is -0.132. The van der Waals surface area contributed by atoms with Crippen LogP contribution in [0.2, 0.25) is 10.0 Å². The highest BCUT2D eigenvalue weighted by atomic mass is 35.5. The summed E-state index contributed by atoms with van der Waals surface area (Å²) in [5, 5.41) is 12.9. The number of halogens is 2. The Balaban J connectivity index is 2.53. The molecule has 128 valence electrons. The van der Waals surface area contributed by atoms with Gasteiger partial charge in [0.25, 0.3) is 5.88 Å². The van der Waals surface area contributed by atoms with Crippen LogP contribution >= 0.6 is 23.2 Å². The molecule has 1 amide bonds. The van der Waals surface area contributed by atoms with Crippen molar-refractivity contribution in [3.63, 3.8) is 0 Å². The summed E-state index contributed by atoms with van der Waals surface area (Å²) < 4.78 is 15.0. The monoisotopic (exact) mass is 373 g/mol. The molecule has 0 aliphatic heterocycles. The molecule has 1 aromatic heterocycles. The van der Waals surface area contributed by atoms with Gasteiger partial charge in [-0.25, -0.2) is 4.79 Å². The van der Waals surface area contributed by atoms with Crippen molar-refractivity contribution in [2.75, 3.05) is 11.9 Å². The van der Waals surface area contributed by atoms with E-state index in [1.165, 1.54) is 0 Å². The van der Waals surface area contributed by atoms with Crippen molar-refractivity contribution in [2.24, 2.45) is 0 Å². The van der Waals surface area contributed by atoms with Crippen LogP contribution in [0.5, 0.6) is 11.5 Å². The van der Waals surface area contributed by atoms with Gasteiger partial charge in [0.15, 0.2) is 5.76 Å². The van der Waals surface area contributed by atoms with E-state index in [2.05, 4.69) is 5.32 Å². The smallest absolute Gasteiger partial charge is 0.414 e.